The zero-order valence-corrected chi connectivity index (χ0v) is 11.6. The Hall–Kier alpha value is -2.13. The van der Waals surface area contributed by atoms with Gasteiger partial charge in [0.05, 0.1) is 0 Å². The van der Waals surface area contributed by atoms with Crippen LogP contribution < -0.4 is 0 Å². The van der Waals surface area contributed by atoms with Crippen LogP contribution in [0.15, 0.2) is 54.6 Å². The molecule has 2 aromatic carbocycles. The zero-order valence-electron chi connectivity index (χ0n) is 11.6. The average Bonchev–Trinajstić information content (AvgIpc) is 2.70. The van der Waals surface area contributed by atoms with Crippen LogP contribution >= 0.6 is 0 Å². The van der Waals surface area contributed by atoms with E-state index in [1.54, 1.807) is 11.0 Å². The highest BCUT2D eigenvalue weighted by Crippen LogP contribution is 2.43. The molecule has 0 bridgehead atoms. The molecule has 3 rings (SSSR count). The summed E-state index contributed by atoms with van der Waals surface area (Å²) in [5.41, 5.74) is 0.563. The van der Waals surface area contributed by atoms with Crippen LogP contribution in [0.4, 0.5) is 0 Å². The maximum atomic E-state index is 12.6. The van der Waals surface area contributed by atoms with Gasteiger partial charge in [0.25, 0.3) is 5.91 Å². The van der Waals surface area contributed by atoms with E-state index in [0.717, 1.165) is 0 Å². The Labute approximate surface area is 118 Å². The molecule has 0 aromatic heterocycles. The molecule has 0 spiro atoms. The average molecular weight is 267 g/mol. The van der Waals surface area contributed by atoms with Gasteiger partial charge >= 0.3 is 0 Å². The topological polar surface area (TPSA) is 40.5 Å². The fourth-order valence-corrected chi connectivity index (χ4v) is 2.95. The number of aliphatic hydroxyl groups is 1. The van der Waals surface area contributed by atoms with Gasteiger partial charge in [-0.2, -0.15) is 0 Å². The van der Waals surface area contributed by atoms with Gasteiger partial charge < -0.3 is 5.11 Å². The lowest BCUT2D eigenvalue weighted by atomic mass is 9.93. The Morgan fingerprint density at radius 2 is 1.60 bits per heavy atom. The van der Waals surface area contributed by atoms with Crippen molar-refractivity contribution in [1.82, 2.24) is 4.90 Å². The molecular formula is C17H17NO2. The van der Waals surface area contributed by atoms with E-state index < -0.39 is 5.72 Å². The Balaban J connectivity index is 2.28. The van der Waals surface area contributed by atoms with E-state index in [2.05, 4.69) is 0 Å². The highest BCUT2D eigenvalue weighted by molar-refractivity contribution is 6.00. The van der Waals surface area contributed by atoms with Gasteiger partial charge in [-0.3, -0.25) is 9.69 Å². The van der Waals surface area contributed by atoms with Crippen molar-refractivity contribution in [3.63, 3.8) is 0 Å². The summed E-state index contributed by atoms with van der Waals surface area (Å²) < 4.78 is 0. The van der Waals surface area contributed by atoms with E-state index in [1.807, 2.05) is 62.4 Å². The molecule has 1 heterocycles. The van der Waals surface area contributed by atoms with Gasteiger partial charge in [-0.1, -0.05) is 48.5 Å². The molecule has 0 saturated carbocycles. The molecule has 1 amide bonds. The minimum atomic E-state index is -1.39. The first-order valence-corrected chi connectivity index (χ1v) is 6.78. The smallest absolute Gasteiger partial charge is 0.257 e. The molecule has 2 aromatic rings. The van der Waals surface area contributed by atoms with Crippen LogP contribution in [-0.4, -0.2) is 22.0 Å². The molecule has 0 aliphatic carbocycles. The van der Waals surface area contributed by atoms with Crippen molar-refractivity contribution in [3.8, 4) is 0 Å². The quantitative estimate of drug-likeness (QED) is 0.909. The van der Waals surface area contributed by atoms with Crippen molar-refractivity contribution in [3.05, 3.63) is 71.3 Å². The minimum absolute atomic E-state index is 0.0971. The molecule has 3 heteroatoms. The molecular weight excluding hydrogens is 250 g/mol. The fourth-order valence-electron chi connectivity index (χ4n) is 2.95. The third kappa shape index (κ3) is 1.60. The van der Waals surface area contributed by atoms with Gasteiger partial charge in [-0.25, -0.2) is 0 Å². The third-order valence-corrected chi connectivity index (χ3v) is 3.79. The van der Waals surface area contributed by atoms with Crippen molar-refractivity contribution in [1.29, 1.82) is 0 Å². The molecule has 0 saturated heterocycles. The summed E-state index contributed by atoms with van der Waals surface area (Å²) in [6.45, 7) is 3.83. The van der Waals surface area contributed by atoms with Crippen molar-refractivity contribution in [2.45, 2.75) is 25.6 Å². The molecule has 1 unspecified atom stereocenters. The van der Waals surface area contributed by atoms with Crippen LogP contribution in [0, 0.1) is 0 Å². The Morgan fingerprint density at radius 3 is 2.25 bits per heavy atom. The normalized spacial score (nSPS) is 21.4. The molecule has 0 fully saturated rings. The van der Waals surface area contributed by atoms with Crippen LogP contribution in [0.1, 0.15) is 35.3 Å². The second kappa shape index (κ2) is 4.46. The van der Waals surface area contributed by atoms with Crippen LogP contribution in [0.25, 0.3) is 0 Å². The first-order chi connectivity index (χ1) is 9.56. The predicted molar refractivity (Wildman–Crippen MR) is 77.2 cm³/mol. The zero-order chi connectivity index (χ0) is 14.3. The third-order valence-electron chi connectivity index (χ3n) is 3.79. The minimum Gasteiger partial charge on any atom is -0.363 e. The summed E-state index contributed by atoms with van der Waals surface area (Å²) in [6.07, 6.45) is 0. The number of fused-ring (bicyclic) bond motifs is 1. The molecule has 1 N–H and O–H groups in total. The van der Waals surface area contributed by atoms with Gasteiger partial charge in [0.1, 0.15) is 0 Å². The van der Waals surface area contributed by atoms with Gasteiger partial charge in [0.2, 0.25) is 0 Å². The second-order valence-electron chi connectivity index (χ2n) is 5.35. The van der Waals surface area contributed by atoms with Crippen LogP contribution in [0.2, 0.25) is 0 Å². The summed E-state index contributed by atoms with van der Waals surface area (Å²) in [6, 6.07) is 16.5. The number of benzene rings is 2. The maximum absolute atomic E-state index is 12.6. The summed E-state index contributed by atoms with van der Waals surface area (Å²) in [4.78, 5) is 14.1. The molecule has 1 atom stereocenters. The van der Waals surface area contributed by atoms with Crippen LogP contribution in [-0.2, 0) is 5.72 Å². The van der Waals surface area contributed by atoms with Gasteiger partial charge in [-0.05, 0) is 19.9 Å². The number of carbonyl (C=O) groups is 1. The van der Waals surface area contributed by atoms with E-state index in [9.17, 15) is 9.90 Å². The molecule has 20 heavy (non-hydrogen) atoms. The van der Waals surface area contributed by atoms with Gasteiger partial charge in [0, 0.05) is 22.7 Å². The number of amides is 1. The lowest BCUT2D eigenvalue weighted by Gasteiger charge is -2.37. The predicted octanol–water partition coefficient (Wildman–Crippen LogP) is 2.74. The van der Waals surface area contributed by atoms with Crippen LogP contribution in [0.3, 0.4) is 0 Å². The highest BCUT2D eigenvalue weighted by atomic mass is 16.3. The first kappa shape index (κ1) is 12.9. The Kier molecular flexibility index (Phi) is 2.87. The van der Waals surface area contributed by atoms with E-state index in [4.69, 9.17) is 0 Å². The Bertz CT molecular complexity index is 651. The Morgan fingerprint density at radius 1 is 1.00 bits per heavy atom. The maximum Gasteiger partial charge on any atom is 0.257 e. The van der Waals surface area contributed by atoms with Crippen molar-refractivity contribution < 1.29 is 9.90 Å². The van der Waals surface area contributed by atoms with Gasteiger partial charge in [-0.15, -0.1) is 0 Å². The van der Waals surface area contributed by atoms with E-state index >= 15 is 0 Å². The fraction of sp³-hybridized carbons (Fsp3) is 0.235. The molecule has 3 nitrogen and oxygen atoms in total. The number of carbonyl (C=O) groups excluding carboxylic acids is 1. The highest BCUT2D eigenvalue weighted by Gasteiger charge is 2.50. The van der Waals surface area contributed by atoms with Crippen molar-refractivity contribution in [2.75, 3.05) is 0 Å². The van der Waals surface area contributed by atoms with Crippen LogP contribution in [0.5, 0.6) is 0 Å². The van der Waals surface area contributed by atoms with E-state index in [0.29, 0.717) is 16.7 Å². The first-order valence-electron chi connectivity index (χ1n) is 6.78. The number of hydrogen-bond acceptors (Lipinski definition) is 2. The summed E-state index contributed by atoms with van der Waals surface area (Å²) in [5.74, 6) is -0.123. The summed E-state index contributed by atoms with van der Waals surface area (Å²) in [5, 5.41) is 11.3. The molecule has 1 aliphatic rings. The second-order valence-corrected chi connectivity index (χ2v) is 5.35. The summed E-state index contributed by atoms with van der Waals surface area (Å²) in [7, 11) is 0. The largest absolute Gasteiger partial charge is 0.363 e. The molecule has 102 valence electrons. The monoisotopic (exact) mass is 267 g/mol. The number of hydrogen-bond donors (Lipinski definition) is 1. The van der Waals surface area contributed by atoms with Gasteiger partial charge in [0.15, 0.2) is 5.72 Å². The van der Waals surface area contributed by atoms with E-state index in [1.165, 1.54) is 0 Å². The molecule has 1 aliphatic heterocycles. The standard InChI is InChI=1S/C17H17NO2/c1-12(2)18-16(19)14-10-6-7-11-15(14)17(18,20)13-8-4-3-5-9-13/h3-12,20H,1-2H3. The SMILES string of the molecule is CC(C)N1C(=O)c2ccccc2C1(O)c1ccccc1. The summed E-state index contributed by atoms with van der Waals surface area (Å²) >= 11 is 0. The van der Waals surface area contributed by atoms with Crippen molar-refractivity contribution in [2.24, 2.45) is 0 Å². The lowest BCUT2D eigenvalue weighted by Crippen LogP contribution is -2.48. The van der Waals surface area contributed by atoms with Crippen molar-refractivity contribution >= 4 is 5.91 Å². The number of nitrogens with zero attached hydrogens (tertiary/aromatic N) is 1. The number of rotatable bonds is 2. The molecule has 0 radical (unpaired) electrons. The lowest BCUT2D eigenvalue weighted by molar-refractivity contribution is -0.0637. The van der Waals surface area contributed by atoms with E-state index in [-0.39, 0.29) is 11.9 Å².